The Hall–Kier alpha value is -2.65. The fraction of sp³-hybridized carbons (Fsp3) is 0. The molecular weight excluding hydrogens is 218 g/mol. The fourth-order valence-corrected chi connectivity index (χ4v) is 1.76. The minimum Gasteiger partial charge on any atom is -0.298 e. The third-order valence-electron chi connectivity index (χ3n) is 2.49. The molecule has 0 radical (unpaired) electrons. The number of rotatable bonds is 3. The van der Waals surface area contributed by atoms with Crippen LogP contribution in [0.4, 0.5) is 5.69 Å². The van der Waals surface area contributed by atoms with E-state index >= 15 is 0 Å². The molecule has 5 nitrogen and oxygen atoms in total. The molecule has 2 aromatic carbocycles. The number of nitrogens with zero attached hydrogens (tertiary/aromatic N) is 3. The molecule has 2 aromatic rings. The summed E-state index contributed by atoms with van der Waals surface area (Å²) in [6, 6.07) is 8.39. The van der Waals surface area contributed by atoms with Crippen LogP contribution in [-0.2, 0) is 0 Å². The molecule has 0 atom stereocenters. The fourth-order valence-electron chi connectivity index (χ4n) is 1.76. The van der Waals surface area contributed by atoms with E-state index in [4.69, 9.17) is 5.53 Å². The zero-order valence-electron chi connectivity index (χ0n) is 8.70. The van der Waals surface area contributed by atoms with Gasteiger partial charge >= 0.3 is 0 Å². The van der Waals surface area contributed by atoms with Crippen LogP contribution in [0, 0.1) is 0 Å². The number of fused-ring (bicyclic) bond motifs is 1. The summed E-state index contributed by atoms with van der Waals surface area (Å²) in [6.45, 7) is 0. The molecule has 0 aromatic heterocycles. The number of carbonyl (C=O) groups is 2. The molecule has 0 bridgehead atoms. The van der Waals surface area contributed by atoms with Crippen molar-refractivity contribution in [2.24, 2.45) is 5.11 Å². The maximum absolute atomic E-state index is 11.0. The van der Waals surface area contributed by atoms with E-state index in [1.165, 1.54) is 6.07 Å². The molecule has 0 unspecified atom stereocenters. The van der Waals surface area contributed by atoms with Crippen molar-refractivity contribution in [3.63, 3.8) is 0 Å². The van der Waals surface area contributed by atoms with Crippen molar-refractivity contribution in [2.75, 3.05) is 0 Å². The van der Waals surface area contributed by atoms with E-state index in [2.05, 4.69) is 10.0 Å². The molecule has 2 rings (SSSR count). The molecular formula is C12H7N3O2. The number of aldehydes is 2. The maximum Gasteiger partial charge on any atom is 0.151 e. The Morgan fingerprint density at radius 3 is 2.41 bits per heavy atom. The number of hydrogen-bond acceptors (Lipinski definition) is 3. The number of benzene rings is 2. The lowest BCUT2D eigenvalue weighted by atomic mass is 9.99. The van der Waals surface area contributed by atoms with Gasteiger partial charge in [-0.25, -0.2) is 0 Å². The molecule has 0 N–H and O–H groups in total. The second kappa shape index (κ2) is 4.47. The van der Waals surface area contributed by atoms with Gasteiger partial charge in [-0.15, -0.1) is 0 Å². The summed E-state index contributed by atoms with van der Waals surface area (Å²) in [6.07, 6.45) is 1.21. The summed E-state index contributed by atoms with van der Waals surface area (Å²) >= 11 is 0. The first kappa shape index (κ1) is 10.9. The summed E-state index contributed by atoms with van der Waals surface area (Å²) in [4.78, 5) is 24.6. The van der Waals surface area contributed by atoms with Crippen LogP contribution in [0.5, 0.6) is 0 Å². The zero-order valence-corrected chi connectivity index (χ0v) is 8.70. The second-order valence-corrected chi connectivity index (χ2v) is 3.37. The average Bonchev–Trinajstić information content (AvgIpc) is 2.38. The van der Waals surface area contributed by atoms with Crippen molar-refractivity contribution < 1.29 is 9.59 Å². The molecule has 0 aliphatic heterocycles. The van der Waals surface area contributed by atoms with Gasteiger partial charge in [0.15, 0.2) is 12.6 Å². The Balaban J connectivity index is 2.98. The molecule has 0 fully saturated rings. The Labute approximate surface area is 96.3 Å². The topological polar surface area (TPSA) is 82.9 Å². The molecule has 0 saturated heterocycles. The van der Waals surface area contributed by atoms with Crippen LogP contribution in [0.3, 0.4) is 0 Å². The Morgan fingerprint density at radius 1 is 1.12 bits per heavy atom. The molecule has 5 heteroatoms. The minimum absolute atomic E-state index is 0.223. The highest BCUT2D eigenvalue weighted by molar-refractivity contribution is 6.08. The van der Waals surface area contributed by atoms with E-state index in [1.807, 2.05) is 0 Å². The standard InChI is InChI=1S/C12H7N3O2/c13-15-14-12-5-8(6-16)11(7-17)9-3-1-2-4-10(9)12/h1-7H. The van der Waals surface area contributed by atoms with Gasteiger partial charge in [0.05, 0.1) is 0 Å². The van der Waals surface area contributed by atoms with Crippen molar-refractivity contribution in [3.05, 3.63) is 51.9 Å². The van der Waals surface area contributed by atoms with Gasteiger partial charge in [-0.2, -0.15) is 0 Å². The van der Waals surface area contributed by atoms with Gasteiger partial charge in [0.2, 0.25) is 0 Å². The summed E-state index contributed by atoms with van der Waals surface area (Å²) in [7, 11) is 0. The van der Waals surface area contributed by atoms with E-state index in [1.54, 1.807) is 24.3 Å². The Bertz CT molecular complexity index is 658. The van der Waals surface area contributed by atoms with Gasteiger partial charge < -0.3 is 0 Å². The van der Waals surface area contributed by atoms with Crippen molar-refractivity contribution in [3.8, 4) is 0 Å². The van der Waals surface area contributed by atoms with E-state index in [9.17, 15) is 9.59 Å². The van der Waals surface area contributed by atoms with Crippen LogP contribution in [0.2, 0.25) is 0 Å². The smallest absolute Gasteiger partial charge is 0.151 e. The first-order chi connectivity index (χ1) is 8.31. The summed E-state index contributed by atoms with van der Waals surface area (Å²) in [5.74, 6) is 0. The molecule has 82 valence electrons. The Morgan fingerprint density at radius 2 is 1.82 bits per heavy atom. The van der Waals surface area contributed by atoms with Gasteiger partial charge in [-0.1, -0.05) is 29.4 Å². The highest BCUT2D eigenvalue weighted by atomic mass is 16.1. The minimum atomic E-state index is 0.223. The van der Waals surface area contributed by atoms with E-state index < -0.39 is 0 Å². The first-order valence-corrected chi connectivity index (χ1v) is 4.83. The summed E-state index contributed by atoms with van der Waals surface area (Å²) < 4.78 is 0. The van der Waals surface area contributed by atoms with Crippen LogP contribution in [0.25, 0.3) is 21.2 Å². The lowest BCUT2D eigenvalue weighted by Crippen LogP contribution is -1.92. The third kappa shape index (κ3) is 1.75. The average molecular weight is 225 g/mol. The monoisotopic (exact) mass is 225 g/mol. The van der Waals surface area contributed by atoms with Crippen LogP contribution < -0.4 is 0 Å². The van der Waals surface area contributed by atoms with E-state index in [0.717, 1.165) is 0 Å². The highest BCUT2D eigenvalue weighted by Gasteiger charge is 2.09. The SMILES string of the molecule is [N-]=[N+]=Nc1cc(C=O)c(C=O)c2ccccc12. The van der Waals surface area contributed by atoms with Crippen LogP contribution in [0.15, 0.2) is 35.4 Å². The quantitative estimate of drug-likeness (QED) is 0.347. The molecule has 17 heavy (non-hydrogen) atoms. The Kier molecular flexibility index (Phi) is 2.85. The number of carbonyl (C=O) groups excluding carboxylic acids is 2. The number of azide groups is 1. The predicted molar refractivity (Wildman–Crippen MR) is 63.5 cm³/mol. The van der Waals surface area contributed by atoms with E-state index in [-0.39, 0.29) is 5.56 Å². The van der Waals surface area contributed by atoms with Gasteiger partial charge in [-0.05, 0) is 22.4 Å². The lowest BCUT2D eigenvalue weighted by molar-refractivity contribution is 0.109. The van der Waals surface area contributed by atoms with Crippen molar-refractivity contribution in [1.29, 1.82) is 0 Å². The molecule has 0 aliphatic rings. The van der Waals surface area contributed by atoms with Crippen LogP contribution in [0.1, 0.15) is 20.7 Å². The first-order valence-electron chi connectivity index (χ1n) is 4.83. The molecule has 0 heterocycles. The molecule has 0 amide bonds. The van der Waals surface area contributed by atoms with Gasteiger partial charge in [0.25, 0.3) is 0 Å². The largest absolute Gasteiger partial charge is 0.298 e. The van der Waals surface area contributed by atoms with Crippen molar-refractivity contribution >= 4 is 29.0 Å². The zero-order chi connectivity index (χ0) is 12.3. The normalized spacial score (nSPS) is 9.65. The van der Waals surface area contributed by atoms with Crippen LogP contribution >= 0.6 is 0 Å². The molecule has 0 saturated carbocycles. The van der Waals surface area contributed by atoms with Gasteiger partial charge in [0.1, 0.15) is 0 Å². The molecule has 0 aliphatic carbocycles. The van der Waals surface area contributed by atoms with Gasteiger partial charge in [0, 0.05) is 21.7 Å². The van der Waals surface area contributed by atoms with Crippen molar-refractivity contribution in [2.45, 2.75) is 0 Å². The maximum atomic E-state index is 11.0. The number of hydrogen-bond donors (Lipinski definition) is 0. The summed E-state index contributed by atoms with van der Waals surface area (Å²) in [5, 5.41) is 4.78. The van der Waals surface area contributed by atoms with E-state index in [0.29, 0.717) is 34.6 Å². The second-order valence-electron chi connectivity index (χ2n) is 3.37. The lowest BCUT2D eigenvalue weighted by Gasteiger charge is -2.06. The summed E-state index contributed by atoms with van der Waals surface area (Å²) in [5.41, 5.74) is 9.35. The van der Waals surface area contributed by atoms with Crippen LogP contribution in [-0.4, -0.2) is 12.6 Å². The van der Waals surface area contributed by atoms with Gasteiger partial charge in [-0.3, -0.25) is 9.59 Å². The highest BCUT2D eigenvalue weighted by Crippen LogP contribution is 2.30. The third-order valence-corrected chi connectivity index (χ3v) is 2.49. The predicted octanol–water partition coefficient (Wildman–Crippen LogP) is 3.41. The van der Waals surface area contributed by atoms with Crippen molar-refractivity contribution in [1.82, 2.24) is 0 Å². The molecule has 0 spiro atoms.